The molecule has 0 aliphatic carbocycles. The first kappa shape index (κ1) is 18.0. The van der Waals surface area contributed by atoms with Gasteiger partial charge in [-0.25, -0.2) is 0 Å². The van der Waals surface area contributed by atoms with Gasteiger partial charge in [-0.2, -0.15) is 5.26 Å². The van der Waals surface area contributed by atoms with Crippen LogP contribution >= 0.6 is 34.8 Å². The van der Waals surface area contributed by atoms with E-state index in [1.54, 1.807) is 6.07 Å². The van der Waals surface area contributed by atoms with E-state index in [1.807, 2.05) is 0 Å². The number of anilines is 1. The average molecular weight is 384 g/mol. The smallest absolute Gasteiger partial charge is 0.266 e. The summed E-state index contributed by atoms with van der Waals surface area (Å²) < 4.78 is 0. The van der Waals surface area contributed by atoms with Gasteiger partial charge in [0.25, 0.3) is 5.91 Å². The minimum atomic E-state index is -0.703. The summed E-state index contributed by atoms with van der Waals surface area (Å²) in [6.07, 6.45) is 1.21. The number of phenolic OH excluding ortho intramolecular Hbond substituents is 2. The van der Waals surface area contributed by atoms with Gasteiger partial charge in [-0.05, 0) is 42.0 Å². The van der Waals surface area contributed by atoms with Crippen molar-refractivity contribution in [3.8, 4) is 17.6 Å². The zero-order chi connectivity index (χ0) is 17.9. The number of carbonyl (C=O) groups excluding carboxylic acids is 1. The normalized spacial score (nSPS) is 11.0. The molecule has 8 heteroatoms. The summed E-state index contributed by atoms with van der Waals surface area (Å²) in [6, 6.07) is 8.71. The Morgan fingerprint density at radius 2 is 1.83 bits per heavy atom. The first-order chi connectivity index (χ1) is 11.3. The van der Waals surface area contributed by atoms with Gasteiger partial charge in [-0.3, -0.25) is 4.79 Å². The van der Waals surface area contributed by atoms with Crippen molar-refractivity contribution in [3.63, 3.8) is 0 Å². The monoisotopic (exact) mass is 382 g/mol. The number of nitriles is 1. The van der Waals surface area contributed by atoms with Crippen LogP contribution in [0.25, 0.3) is 6.08 Å². The fourth-order valence-electron chi connectivity index (χ4n) is 1.78. The van der Waals surface area contributed by atoms with E-state index in [4.69, 9.17) is 40.1 Å². The standard InChI is InChI=1S/C16H9Cl3N2O3/c17-10-1-2-13(11(18)6-10)21-16(24)9(7-20)3-8-4-12(19)15(23)14(22)5-8/h1-6,22-23H,(H,21,24)/b9-3+. The number of aromatic hydroxyl groups is 2. The van der Waals surface area contributed by atoms with E-state index in [9.17, 15) is 15.0 Å². The Morgan fingerprint density at radius 3 is 2.42 bits per heavy atom. The van der Waals surface area contributed by atoms with Crippen molar-refractivity contribution in [1.82, 2.24) is 0 Å². The largest absolute Gasteiger partial charge is 0.504 e. The molecule has 2 aromatic rings. The highest BCUT2D eigenvalue weighted by molar-refractivity contribution is 6.37. The van der Waals surface area contributed by atoms with Crippen molar-refractivity contribution < 1.29 is 15.0 Å². The highest BCUT2D eigenvalue weighted by atomic mass is 35.5. The van der Waals surface area contributed by atoms with Crippen LogP contribution in [0.2, 0.25) is 15.1 Å². The topological polar surface area (TPSA) is 93.3 Å². The van der Waals surface area contributed by atoms with Crippen LogP contribution in [0.15, 0.2) is 35.9 Å². The maximum Gasteiger partial charge on any atom is 0.266 e. The second-order valence-corrected chi connectivity index (χ2v) is 5.87. The van der Waals surface area contributed by atoms with Crippen molar-refractivity contribution in [3.05, 3.63) is 56.5 Å². The predicted molar refractivity (Wildman–Crippen MR) is 93.5 cm³/mol. The van der Waals surface area contributed by atoms with Gasteiger partial charge in [0.05, 0.1) is 15.7 Å². The van der Waals surface area contributed by atoms with Crippen molar-refractivity contribution in [2.75, 3.05) is 5.32 Å². The van der Waals surface area contributed by atoms with Crippen molar-refractivity contribution in [2.45, 2.75) is 0 Å². The lowest BCUT2D eigenvalue weighted by Crippen LogP contribution is -2.13. The van der Waals surface area contributed by atoms with Gasteiger partial charge in [0.15, 0.2) is 11.5 Å². The van der Waals surface area contributed by atoms with E-state index >= 15 is 0 Å². The molecule has 0 bridgehead atoms. The zero-order valence-electron chi connectivity index (χ0n) is 11.8. The first-order valence-electron chi connectivity index (χ1n) is 6.41. The second-order valence-electron chi connectivity index (χ2n) is 4.62. The van der Waals surface area contributed by atoms with Gasteiger partial charge in [-0.1, -0.05) is 34.8 Å². The Labute approximate surface area is 152 Å². The zero-order valence-corrected chi connectivity index (χ0v) is 14.1. The third kappa shape index (κ3) is 4.12. The predicted octanol–water partition coefficient (Wildman–Crippen LogP) is 4.60. The molecule has 0 fully saturated rings. The van der Waals surface area contributed by atoms with Crippen LogP contribution in [-0.2, 0) is 4.79 Å². The van der Waals surface area contributed by atoms with Crippen LogP contribution in [0.4, 0.5) is 5.69 Å². The lowest BCUT2D eigenvalue weighted by atomic mass is 10.1. The molecule has 5 nitrogen and oxygen atoms in total. The molecule has 0 aromatic heterocycles. The van der Waals surface area contributed by atoms with Gasteiger partial charge in [0, 0.05) is 5.02 Å². The summed E-state index contributed by atoms with van der Waals surface area (Å²) in [5.41, 5.74) is 0.310. The van der Waals surface area contributed by atoms with Crippen LogP contribution in [0.3, 0.4) is 0 Å². The average Bonchev–Trinajstić information content (AvgIpc) is 2.52. The summed E-state index contributed by atoms with van der Waals surface area (Å²) in [4.78, 5) is 12.2. The van der Waals surface area contributed by atoms with Crippen LogP contribution in [0.5, 0.6) is 11.5 Å². The van der Waals surface area contributed by atoms with Gasteiger partial charge in [0.1, 0.15) is 11.6 Å². The van der Waals surface area contributed by atoms with E-state index in [0.717, 1.165) is 0 Å². The molecular weight excluding hydrogens is 375 g/mol. The lowest BCUT2D eigenvalue weighted by molar-refractivity contribution is -0.112. The molecule has 0 unspecified atom stereocenters. The number of hydrogen-bond acceptors (Lipinski definition) is 4. The quantitative estimate of drug-likeness (QED) is 0.410. The van der Waals surface area contributed by atoms with Gasteiger partial charge >= 0.3 is 0 Å². The second kappa shape index (κ2) is 7.45. The minimum absolute atomic E-state index is 0.111. The molecule has 0 aliphatic heterocycles. The third-order valence-electron chi connectivity index (χ3n) is 2.92. The number of benzene rings is 2. The summed E-state index contributed by atoms with van der Waals surface area (Å²) in [7, 11) is 0. The number of carbonyl (C=O) groups is 1. The Kier molecular flexibility index (Phi) is 5.58. The minimum Gasteiger partial charge on any atom is -0.504 e. The molecule has 3 N–H and O–H groups in total. The number of halogens is 3. The van der Waals surface area contributed by atoms with Gasteiger partial charge < -0.3 is 15.5 Å². The molecule has 0 saturated carbocycles. The molecule has 0 aliphatic rings. The molecular formula is C16H9Cl3N2O3. The number of hydrogen-bond donors (Lipinski definition) is 3. The molecule has 2 aromatic carbocycles. The maximum absolute atomic E-state index is 12.2. The fourth-order valence-corrected chi connectivity index (χ4v) is 2.46. The van der Waals surface area contributed by atoms with Crippen LogP contribution < -0.4 is 5.32 Å². The molecule has 0 saturated heterocycles. The maximum atomic E-state index is 12.2. The number of nitrogens with one attached hydrogen (secondary N) is 1. The van der Waals surface area contributed by atoms with E-state index in [0.29, 0.717) is 10.7 Å². The lowest BCUT2D eigenvalue weighted by Gasteiger charge is -2.07. The van der Waals surface area contributed by atoms with Crippen LogP contribution in [0.1, 0.15) is 5.56 Å². The molecule has 1 amide bonds. The van der Waals surface area contributed by atoms with Crippen molar-refractivity contribution in [2.24, 2.45) is 0 Å². The SMILES string of the molecule is N#C/C(=C\c1cc(O)c(O)c(Cl)c1)C(=O)Nc1ccc(Cl)cc1Cl. The molecule has 0 spiro atoms. The number of nitrogens with zero attached hydrogens (tertiary/aromatic N) is 1. The van der Waals surface area contributed by atoms with Gasteiger partial charge in [0.2, 0.25) is 0 Å². The first-order valence-corrected chi connectivity index (χ1v) is 7.55. The molecule has 0 heterocycles. The Morgan fingerprint density at radius 1 is 1.12 bits per heavy atom. The van der Waals surface area contributed by atoms with Crippen molar-refractivity contribution >= 4 is 52.5 Å². The van der Waals surface area contributed by atoms with E-state index < -0.39 is 17.4 Å². The summed E-state index contributed by atoms with van der Waals surface area (Å²) in [5, 5.41) is 31.1. The fraction of sp³-hybridized carbons (Fsp3) is 0. The molecule has 24 heavy (non-hydrogen) atoms. The van der Waals surface area contributed by atoms with Crippen molar-refractivity contribution in [1.29, 1.82) is 5.26 Å². The number of amides is 1. The van der Waals surface area contributed by atoms with Crippen LogP contribution in [0, 0.1) is 11.3 Å². The van der Waals surface area contributed by atoms with E-state index in [1.165, 1.54) is 36.4 Å². The van der Waals surface area contributed by atoms with Gasteiger partial charge in [-0.15, -0.1) is 0 Å². The molecule has 122 valence electrons. The third-order valence-corrected chi connectivity index (χ3v) is 3.76. The highest BCUT2D eigenvalue weighted by Crippen LogP contribution is 2.34. The Balaban J connectivity index is 2.31. The van der Waals surface area contributed by atoms with E-state index in [2.05, 4.69) is 5.32 Å². The van der Waals surface area contributed by atoms with E-state index in [-0.39, 0.29) is 21.2 Å². The number of phenols is 2. The van der Waals surface area contributed by atoms with Crippen LogP contribution in [-0.4, -0.2) is 16.1 Å². The Hall–Kier alpha value is -2.39. The summed E-state index contributed by atoms with van der Waals surface area (Å²) >= 11 is 17.5. The molecule has 0 atom stereocenters. The molecule has 0 radical (unpaired) electrons. The summed E-state index contributed by atoms with van der Waals surface area (Å²) in [5.74, 6) is -1.65. The number of rotatable bonds is 3. The summed E-state index contributed by atoms with van der Waals surface area (Å²) in [6.45, 7) is 0. The molecule has 2 rings (SSSR count). The Bertz CT molecular complexity index is 866. The highest BCUT2D eigenvalue weighted by Gasteiger charge is 2.13.